The van der Waals surface area contributed by atoms with Gasteiger partial charge in [0.15, 0.2) is 0 Å². The highest BCUT2D eigenvalue weighted by atomic mass is 32.2. The molecule has 2 rings (SSSR count). The molecule has 0 aliphatic carbocycles. The lowest BCUT2D eigenvalue weighted by Gasteiger charge is -2.18. The Morgan fingerprint density at radius 2 is 2.07 bits per heavy atom. The molecule has 15 heavy (non-hydrogen) atoms. The van der Waals surface area contributed by atoms with E-state index in [2.05, 4.69) is 31.2 Å². The minimum Gasteiger partial charge on any atom is -0.326 e. The van der Waals surface area contributed by atoms with Gasteiger partial charge in [0.05, 0.1) is 0 Å². The fourth-order valence-corrected chi connectivity index (χ4v) is 2.77. The van der Waals surface area contributed by atoms with E-state index in [4.69, 9.17) is 5.73 Å². The Labute approximate surface area is 96.8 Å². The van der Waals surface area contributed by atoms with Crippen LogP contribution in [0.15, 0.2) is 29.2 Å². The van der Waals surface area contributed by atoms with Crippen molar-refractivity contribution in [1.82, 2.24) is 0 Å². The lowest BCUT2D eigenvalue weighted by molar-refractivity contribution is 1.20. The Morgan fingerprint density at radius 3 is 2.73 bits per heavy atom. The number of benzene rings is 1. The van der Waals surface area contributed by atoms with Crippen molar-refractivity contribution in [2.75, 3.05) is 12.3 Å². The predicted molar refractivity (Wildman–Crippen MR) is 70.3 cm³/mol. The average molecular weight is 221 g/mol. The van der Waals surface area contributed by atoms with Gasteiger partial charge in [-0.2, -0.15) is 0 Å². The summed E-state index contributed by atoms with van der Waals surface area (Å²) in [6.07, 6.45) is 2.24. The van der Waals surface area contributed by atoms with Crippen molar-refractivity contribution in [2.24, 2.45) is 5.73 Å². The molecule has 1 heterocycles. The van der Waals surface area contributed by atoms with Gasteiger partial charge < -0.3 is 5.73 Å². The van der Waals surface area contributed by atoms with Crippen molar-refractivity contribution in [3.05, 3.63) is 35.4 Å². The van der Waals surface area contributed by atoms with Crippen molar-refractivity contribution in [1.29, 1.82) is 0 Å². The number of aryl methyl sites for hydroxylation is 1. The summed E-state index contributed by atoms with van der Waals surface area (Å²) in [4.78, 5) is 1.38. The minimum absolute atomic E-state index is 0.651. The molecular formula is C13H19NS. The van der Waals surface area contributed by atoms with E-state index < -0.39 is 0 Å². The molecule has 0 saturated heterocycles. The molecule has 0 radical (unpaired) electrons. The highest BCUT2D eigenvalue weighted by molar-refractivity contribution is 7.99. The highest BCUT2D eigenvalue weighted by Gasteiger charge is 2.13. The number of hydrogen-bond donors (Lipinski definition) is 1. The molecule has 0 atom stereocenters. The van der Waals surface area contributed by atoms with Crippen LogP contribution in [-0.2, 0) is 0 Å². The molecule has 0 amide bonds. The molecule has 0 aromatic heterocycles. The molecule has 1 aromatic carbocycles. The fourth-order valence-electron chi connectivity index (χ4n) is 1.69. The van der Waals surface area contributed by atoms with Gasteiger partial charge in [-0.1, -0.05) is 32.1 Å². The molecule has 1 aliphatic rings. The van der Waals surface area contributed by atoms with Crippen molar-refractivity contribution in [3.63, 3.8) is 0 Å². The van der Waals surface area contributed by atoms with Crippen LogP contribution in [0.4, 0.5) is 0 Å². The Balaban J connectivity index is 0.000000531. The van der Waals surface area contributed by atoms with Crippen molar-refractivity contribution in [2.45, 2.75) is 25.7 Å². The lowest BCUT2D eigenvalue weighted by atomic mass is 10.0. The van der Waals surface area contributed by atoms with Crippen molar-refractivity contribution >= 4 is 17.3 Å². The number of nitrogens with two attached hydrogens (primary N) is 1. The fraction of sp³-hybridized carbons (Fsp3) is 0.385. The lowest BCUT2D eigenvalue weighted by Crippen LogP contribution is -2.07. The normalized spacial score (nSPS) is 13.5. The maximum atomic E-state index is 5.71. The molecule has 0 bridgehead atoms. The van der Waals surface area contributed by atoms with E-state index in [1.54, 1.807) is 0 Å². The van der Waals surface area contributed by atoms with Gasteiger partial charge in [-0.05, 0) is 29.7 Å². The van der Waals surface area contributed by atoms with Gasteiger partial charge >= 0.3 is 0 Å². The summed E-state index contributed by atoms with van der Waals surface area (Å²) in [7, 11) is 0. The van der Waals surface area contributed by atoms with Gasteiger partial charge in [-0.15, -0.1) is 11.8 Å². The van der Waals surface area contributed by atoms with Gasteiger partial charge in [0.1, 0.15) is 0 Å². The zero-order chi connectivity index (χ0) is 11.3. The van der Waals surface area contributed by atoms with Gasteiger partial charge in [-0.25, -0.2) is 0 Å². The number of hydrogen-bond acceptors (Lipinski definition) is 2. The maximum Gasteiger partial charge on any atom is 0.0181 e. The molecule has 0 fully saturated rings. The minimum atomic E-state index is 0.651. The third-order valence-electron chi connectivity index (χ3n) is 2.34. The van der Waals surface area contributed by atoms with Crippen LogP contribution in [0, 0.1) is 6.92 Å². The first-order valence-corrected chi connectivity index (χ1v) is 6.43. The molecule has 0 spiro atoms. The Morgan fingerprint density at radius 1 is 1.33 bits per heavy atom. The molecular weight excluding hydrogens is 202 g/mol. The summed E-state index contributed by atoms with van der Waals surface area (Å²) in [5.74, 6) is 1.06. The smallest absolute Gasteiger partial charge is 0.0181 e. The molecule has 0 unspecified atom stereocenters. The summed E-state index contributed by atoms with van der Waals surface area (Å²) in [6.45, 7) is 6.80. The van der Waals surface area contributed by atoms with Crippen molar-refractivity contribution < 1.29 is 0 Å². The summed E-state index contributed by atoms with van der Waals surface area (Å²) < 4.78 is 0. The van der Waals surface area contributed by atoms with Crippen LogP contribution in [0.1, 0.15) is 25.0 Å². The third kappa shape index (κ3) is 2.64. The van der Waals surface area contributed by atoms with Crippen LogP contribution in [0.3, 0.4) is 0 Å². The summed E-state index contributed by atoms with van der Waals surface area (Å²) in [6, 6.07) is 6.44. The van der Waals surface area contributed by atoms with E-state index in [9.17, 15) is 0 Å². The molecule has 2 heteroatoms. The molecule has 82 valence electrons. The van der Waals surface area contributed by atoms with Crippen LogP contribution in [0.2, 0.25) is 0 Å². The van der Waals surface area contributed by atoms with Gasteiger partial charge in [0.2, 0.25) is 0 Å². The van der Waals surface area contributed by atoms with E-state index in [1.165, 1.54) is 21.6 Å². The SMILES string of the molecule is CC.Cc1cccc2c1C(CN)=CCS2. The second-order valence-electron chi connectivity index (χ2n) is 3.19. The first kappa shape index (κ1) is 12.3. The molecule has 2 N–H and O–H groups in total. The van der Waals surface area contributed by atoms with Crippen LogP contribution in [0.5, 0.6) is 0 Å². The van der Waals surface area contributed by atoms with Gasteiger partial charge in [0, 0.05) is 17.2 Å². The molecule has 1 aromatic rings. The van der Waals surface area contributed by atoms with E-state index >= 15 is 0 Å². The maximum absolute atomic E-state index is 5.71. The van der Waals surface area contributed by atoms with E-state index in [1.807, 2.05) is 25.6 Å². The first-order valence-electron chi connectivity index (χ1n) is 5.45. The number of fused-ring (bicyclic) bond motifs is 1. The second-order valence-corrected chi connectivity index (χ2v) is 4.25. The second kappa shape index (κ2) is 5.99. The van der Waals surface area contributed by atoms with E-state index in [-0.39, 0.29) is 0 Å². The zero-order valence-corrected chi connectivity index (χ0v) is 10.5. The largest absolute Gasteiger partial charge is 0.326 e. The van der Waals surface area contributed by atoms with E-state index in [0.717, 1.165) is 5.75 Å². The summed E-state index contributed by atoms with van der Waals surface area (Å²) in [5, 5.41) is 0. The average Bonchev–Trinajstić information content (AvgIpc) is 2.31. The van der Waals surface area contributed by atoms with E-state index in [0.29, 0.717) is 6.54 Å². The summed E-state index contributed by atoms with van der Waals surface area (Å²) in [5.41, 5.74) is 9.70. The van der Waals surface area contributed by atoms with Crippen molar-refractivity contribution in [3.8, 4) is 0 Å². The first-order chi connectivity index (χ1) is 7.33. The topological polar surface area (TPSA) is 26.0 Å². The highest BCUT2D eigenvalue weighted by Crippen LogP contribution is 2.34. The predicted octanol–water partition coefficient (Wildman–Crippen LogP) is 3.47. The van der Waals surface area contributed by atoms with Crippen LogP contribution in [0.25, 0.3) is 5.57 Å². The summed E-state index contributed by atoms with van der Waals surface area (Å²) >= 11 is 1.89. The Bertz CT molecular complexity index is 356. The third-order valence-corrected chi connectivity index (χ3v) is 3.33. The Hall–Kier alpha value is -0.730. The van der Waals surface area contributed by atoms with Gasteiger partial charge in [0.25, 0.3) is 0 Å². The standard InChI is InChI=1S/C11H13NS.C2H6/c1-8-3-2-4-10-11(8)9(7-12)5-6-13-10;1-2/h2-5H,6-7,12H2,1H3;1-2H3. The van der Waals surface area contributed by atoms with Gasteiger partial charge in [-0.3, -0.25) is 0 Å². The Kier molecular flexibility index (Phi) is 4.92. The zero-order valence-electron chi connectivity index (χ0n) is 9.71. The number of thioether (sulfide) groups is 1. The monoisotopic (exact) mass is 221 g/mol. The molecule has 1 nitrogen and oxygen atoms in total. The van der Waals surface area contributed by atoms with Crippen LogP contribution < -0.4 is 5.73 Å². The molecule has 0 saturated carbocycles. The quantitative estimate of drug-likeness (QED) is 0.786. The number of rotatable bonds is 1. The van der Waals surface area contributed by atoms with Crippen LogP contribution >= 0.6 is 11.8 Å². The molecule has 1 aliphatic heterocycles. The van der Waals surface area contributed by atoms with Crippen LogP contribution in [-0.4, -0.2) is 12.3 Å².